The van der Waals surface area contributed by atoms with E-state index in [9.17, 15) is 0 Å². The molecule has 0 saturated heterocycles. The summed E-state index contributed by atoms with van der Waals surface area (Å²) in [6, 6.07) is 10.7. The number of hydrogen-bond donors (Lipinski definition) is 1. The minimum atomic E-state index is 0.401. The van der Waals surface area contributed by atoms with Crippen molar-refractivity contribution in [2.24, 2.45) is 7.05 Å². The molecule has 1 aromatic heterocycles. The van der Waals surface area contributed by atoms with Crippen LogP contribution in [0.1, 0.15) is 30.3 Å². The second-order valence-corrected chi connectivity index (χ2v) is 6.03. The van der Waals surface area contributed by atoms with Gasteiger partial charge in [0.05, 0.1) is 5.69 Å². The maximum atomic E-state index is 6.09. The Hall–Kier alpha value is -1.32. The molecule has 0 aliphatic rings. The number of benzene rings is 1. The molecule has 21 heavy (non-hydrogen) atoms. The first kappa shape index (κ1) is 16.1. The lowest BCUT2D eigenvalue weighted by atomic mass is 10.0. The summed E-state index contributed by atoms with van der Waals surface area (Å²) >= 11 is 6.09. The largest absolute Gasteiger partial charge is 0.313 e. The lowest BCUT2D eigenvalue weighted by molar-refractivity contribution is 0.490. The number of hydrogen-bond acceptors (Lipinski definition) is 2. The van der Waals surface area contributed by atoms with Crippen LogP contribution >= 0.6 is 11.6 Å². The van der Waals surface area contributed by atoms with Crippen LogP contribution < -0.4 is 5.32 Å². The second-order valence-electron chi connectivity index (χ2n) is 5.59. The Bertz CT molecular complexity index is 577. The van der Waals surface area contributed by atoms with Gasteiger partial charge in [0.2, 0.25) is 0 Å². The zero-order chi connectivity index (χ0) is 15.2. The van der Waals surface area contributed by atoms with Gasteiger partial charge in [-0.1, -0.05) is 30.7 Å². The Morgan fingerprint density at radius 1 is 1.29 bits per heavy atom. The predicted octanol–water partition coefficient (Wildman–Crippen LogP) is 3.54. The van der Waals surface area contributed by atoms with E-state index in [1.54, 1.807) is 0 Å². The molecule has 1 N–H and O–H groups in total. The number of rotatable bonds is 7. The average molecular weight is 306 g/mol. The fourth-order valence-corrected chi connectivity index (χ4v) is 2.83. The fourth-order valence-electron chi connectivity index (χ4n) is 2.62. The van der Waals surface area contributed by atoms with Crippen LogP contribution in [0.2, 0.25) is 5.02 Å². The van der Waals surface area contributed by atoms with Gasteiger partial charge in [-0.3, -0.25) is 4.68 Å². The van der Waals surface area contributed by atoms with Crippen LogP contribution in [0.3, 0.4) is 0 Å². The summed E-state index contributed by atoms with van der Waals surface area (Å²) in [6.07, 6.45) is 3.09. The average Bonchev–Trinajstić information content (AvgIpc) is 2.74. The van der Waals surface area contributed by atoms with Gasteiger partial charge in [-0.2, -0.15) is 5.10 Å². The van der Waals surface area contributed by atoms with Crippen LogP contribution in [-0.2, 0) is 19.9 Å². The van der Waals surface area contributed by atoms with E-state index in [1.165, 1.54) is 11.3 Å². The molecule has 0 amide bonds. The zero-order valence-electron chi connectivity index (χ0n) is 13.1. The SMILES string of the molecule is CCCNC(Cc1cccc(Cl)c1)Cc1cc(C)nn1C. The van der Waals surface area contributed by atoms with Crippen molar-refractivity contribution in [1.29, 1.82) is 0 Å². The van der Waals surface area contributed by atoms with Crippen LogP contribution in [0.25, 0.3) is 0 Å². The van der Waals surface area contributed by atoms with E-state index in [-0.39, 0.29) is 0 Å². The molecule has 0 aliphatic carbocycles. The number of aromatic nitrogens is 2. The molecule has 0 aliphatic heterocycles. The smallest absolute Gasteiger partial charge is 0.0596 e. The topological polar surface area (TPSA) is 29.9 Å². The maximum absolute atomic E-state index is 6.09. The molecular weight excluding hydrogens is 282 g/mol. The van der Waals surface area contributed by atoms with Gasteiger partial charge in [0.1, 0.15) is 0 Å². The summed E-state index contributed by atoms with van der Waals surface area (Å²) in [5.74, 6) is 0. The van der Waals surface area contributed by atoms with Gasteiger partial charge in [0, 0.05) is 30.2 Å². The molecule has 4 heteroatoms. The number of nitrogens with zero attached hydrogens (tertiary/aromatic N) is 2. The highest BCUT2D eigenvalue weighted by molar-refractivity contribution is 6.30. The van der Waals surface area contributed by atoms with Gasteiger partial charge >= 0.3 is 0 Å². The van der Waals surface area contributed by atoms with E-state index in [1.807, 2.05) is 30.8 Å². The van der Waals surface area contributed by atoms with E-state index in [0.717, 1.165) is 36.5 Å². The van der Waals surface area contributed by atoms with E-state index in [2.05, 4.69) is 35.5 Å². The van der Waals surface area contributed by atoms with E-state index < -0.39 is 0 Å². The second kappa shape index (κ2) is 7.62. The van der Waals surface area contributed by atoms with Crippen LogP contribution in [0, 0.1) is 6.92 Å². The molecule has 114 valence electrons. The third kappa shape index (κ3) is 4.87. The number of aryl methyl sites for hydroxylation is 2. The quantitative estimate of drug-likeness (QED) is 0.848. The summed E-state index contributed by atoms with van der Waals surface area (Å²) in [5.41, 5.74) is 3.61. The third-order valence-corrected chi connectivity index (χ3v) is 3.84. The summed E-state index contributed by atoms with van der Waals surface area (Å²) in [5, 5.41) is 8.88. The van der Waals surface area contributed by atoms with Crippen molar-refractivity contribution in [3.05, 3.63) is 52.3 Å². The van der Waals surface area contributed by atoms with Gasteiger partial charge in [0.15, 0.2) is 0 Å². The molecule has 2 rings (SSSR count). The molecule has 1 heterocycles. The van der Waals surface area contributed by atoms with Gasteiger partial charge in [0.25, 0.3) is 0 Å². The van der Waals surface area contributed by atoms with Crippen molar-refractivity contribution in [3.63, 3.8) is 0 Å². The molecule has 0 spiro atoms. The van der Waals surface area contributed by atoms with Crippen molar-refractivity contribution >= 4 is 11.6 Å². The van der Waals surface area contributed by atoms with Gasteiger partial charge in [-0.05, 0) is 50.1 Å². The van der Waals surface area contributed by atoms with Crippen LogP contribution in [0.5, 0.6) is 0 Å². The van der Waals surface area contributed by atoms with E-state index >= 15 is 0 Å². The Labute approximate surface area is 132 Å². The summed E-state index contributed by atoms with van der Waals surface area (Å²) in [7, 11) is 2.01. The highest BCUT2D eigenvalue weighted by Gasteiger charge is 2.13. The minimum absolute atomic E-state index is 0.401. The highest BCUT2D eigenvalue weighted by atomic mass is 35.5. The Kier molecular flexibility index (Phi) is 5.83. The third-order valence-electron chi connectivity index (χ3n) is 3.61. The van der Waals surface area contributed by atoms with Crippen molar-refractivity contribution in [2.75, 3.05) is 6.54 Å². The van der Waals surface area contributed by atoms with Crippen LogP contribution in [0.15, 0.2) is 30.3 Å². The minimum Gasteiger partial charge on any atom is -0.313 e. The molecule has 0 bridgehead atoms. The van der Waals surface area contributed by atoms with Crippen molar-refractivity contribution in [2.45, 2.75) is 39.2 Å². The number of nitrogens with one attached hydrogen (secondary N) is 1. The maximum Gasteiger partial charge on any atom is 0.0596 e. The molecule has 1 aromatic carbocycles. The first-order valence-corrected chi connectivity index (χ1v) is 7.93. The molecule has 1 atom stereocenters. The molecular formula is C17H24ClN3. The first-order chi connectivity index (χ1) is 10.1. The first-order valence-electron chi connectivity index (χ1n) is 7.56. The van der Waals surface area contributed by atoms with Crippen LogP contribution in [-0.4, -0.2) is 22.4 Å². The van der Waals surface area contributed by atoms with Crippen molar-refractivity contribution < 1.29 is 0 Å². The van der Waals surface area contributed by atoms with Gasteiger partial charge < -0.3 is 5.32 Å². The van der Waals surface area contributed by atoms with Crippen molar-refractivity contribution in [1.82, 2.24) is 15.1 Å². The summed E-state index contributed by atoms with van der Waals surface area (Å²) < 4.78 is 1.98. The summed E-state index contributed by atoms with van der Waals surface area (Å²) in [4.78, 5) is 0. The van der Waals surface area contributed by atoms with Gasteiger partial charge in [-0.15, -0.1) is 0 Å². The standard InChI is InChI=1S/C17H24ClN3/c1-4-8-19-16(11-14-6-5-7-15(18)10-14)12-17-9-13(2)20-21(17)3/h5-7,9-10,16,19H,4,8,11-12H2,1-3H3. The predicted molar refractivity (Wildman–Crippen MR) is 88.9 cm³/mol. The zero-order valence-corrected chi connectivity index (χ0v) is 13.8. The molecule has 1 unspecified atom stereocenters. The molecule has 2 aromatic rings. The Morgan fingerprint density at radius 2 is 2.10 bits per heavy atom. The van der Waals surface area contributed by atoms with Crippen LogP contribution in [0.4, 0.5) is 0 Å². The number of halogens is 1. The Morgan fingerprint density at radius 3 is 2.71 bits per heavy atom. The van der Waals surface area contributed by atoms with Gasteiger partial charge in [-0.25, -0.2) is 0 Å². The van der Waals surface area contributed by atoms with E-state index in [4.69, 9.17) is 11.6 Å². The normalized spacial score (nSPS) is 12.6. The lowest BCUT2D eigenvalue weighted by Gasteiger charge is -2.19. The Balaban J connectivity index is 2.08. The monoisotopic (exact) mass is 305 g/mol. The molecule has 0 saturated carbocycles. The molecule has 0 fully saturated rings. The molecule has 3 nitrogen and oxygen atoms in total. The highest BCUT2D eigenvalue weighted by Crippen LogP contribution is 2.14. The fraction of sp³-hybridized carbons (Fsp3) is 0.471. The van der Waals surface area contributed by atoms with E-state index in [0.29, 0.717) is 6.04 Å². The molecule has 0 radical (unpaired) electrons. The lowest BCUT2D eigenvalue weighted by Crippen LogP contribution is -2.34. The van der Waals surface area contributed by atoms with Crippen molar-refractivity contribution in [3.8, 4) is 0 Å². The summed E-state index contributed by atoms with van der Waals surface area (Å²) in [6.45, 7) is 5.26.